The molecule has 0 bridgehead atoms. The van der Waals surface area contributed by atoms with E-state index in [9.17, 15) is 9.18 Å². The molecule has 0 aromatic heterocycles. The summed E-state index contributed by atoms with van der Waals surface area (Å²) in [5.41, 5.74) is -0.0290. The van der Waals surface area contributed by atoms with Gasteiger partial charge in [-0.05, 0) is 25.0 Å². The molecule has 2 rings (SSSR count). The number of aromatic hydroxyl groups is 1. The van der Waals surface area contributed by atoms with E-state index in [4.69, 9.17) is 9.84 Å². The van der Waals surface area contributed by atoms with E-state index in [1.807, 2.05) is 0 Å². The maximum atomic E-state index is 13.4. The predicted molar refractivity (Wildman–Crippen MR) is 63.9 cm³/mol. The lowest BCUT2D eigenvalue weighted by molar-refractivity contribution is 0.0915. The zero-order valence-corrected chi connectivity index (χ0v) is 10.2. The summed E-state index contributed by atoms with van der Waals surface area (Å²) in [6.07, 6.45) is 2.03. The molecule has 1 amide bonds. The standard InChI is InChI=1S/C13H16FNO3/c1-18-8-13(4-5-13)7-15-12(17)10-3-2-9(16)6-11(10)14/h2-3,6,16H,4-5,7-8H2,1H3,(H,15,17). The van der Waals surface area contributed by atoms with Gasteiger partial charge in [0.2, 0.25) is 0 Å². The summed E-state index contributed by atoms with van der Waals surface area (Å²) in [5.74, 6) is -1.37. The van der Waals surface area contributed by atoms with Crippen LogP contribution in [0.4, 0.5) is 4.39 Å². The van der Waals surface area contributed by atoms with Crippen LogP contribution in [0.2, 0.25) is 0 Å². The van der Waals surface area contributed by atoms with Gasteiger partial charge in [0.05, 0.1) is 12.2 Å². The molecule has 1 aliphatic rings. The third-order valence-corrected chi connectivity index (χ3v) is 3.23. The summed E-state index contributed by atoms with van der Waals surface area (Å²) >= 11 is 0. The normalized spacial score (nSPS) is 16.3. The molecule has 1 saturated carbocycles. The number of methoxy groups -OCH3 is 1. The van der Waals surface area contributed by atoms with Crippen LogP contribution in [0, 0.1) is 11.2 Å². The van der Waals surface area contributed by atoms with Crippen molar-refractivity contribution < 1.29 is 19.0 Å². The van der Waals surface area contributed by atoms with Crippen LogP contribution in [-0.2, 0) is 4.74 Å². The molecule has 1 fully saturated rings. The lowest BCUT2D eigenvalue weighted by Gasteiger charge is -2.15. The van der Waals surface area contributed by atoms with Crippen LogP contribution in [0.3, 0.4) is 0 Å². The molecule has 98 valence electrons. The van der Waals surface area contributed by atoms with Gasteiger partial charge in [0.1, 0.15) is 11.6 Å². The first-order valence-corrected chi connectivity index (χ1v) is 5.82. The van der Waals surface area contributed by atoms with Crippen molar-refractivity contribution in [2.45, 2.75) is 12.8 Å². The summed E-state index contributed by atoms with van der Waals surface area (Å²) in [6, 6.07) is 3.49. The van der Waals surface area contributed by atoms with Gasteiger partial charge in [-0.3, -0.25) is 4.79 Å². The van der Waals surface area contributed by atoms with Crippen LogP contribution >= 0.6 is 0 Å². The SMILES string of the molecule is COCC1(CNC(=O)c2ccc(O)cc2F)CC1. The first kappa shape index (κ1) is 12.8. The fourth-order valence-electron chi connectivity index (χ4n) is 1.91. The molecular formula is C13H16FNO3. The minimum Gasteiger partial charge on any atom is -0.508 e. The highest BCUT2D eigenvalue weighted by atomic mass is 19.1. The molecule has 1 aromatic rings. The number of carbonyl (C=O) groups excluding carboxylic acids is 1. The number of hydrogen-bond acceptors (Lipinski definition) is 3. The zero-order valence-electron chi connectivity index (χ0n) is 10.2. The van der Waals surface area contributed by atoms with Crippen LogP contribution in [0.25, 0.3) is 0 Å². The van der Waals surface area contributed by atoms with Gasteiger partial charge < -0.3 is 15.2 Å². The number of phenolic OH excluding ortho intramolecular Hbond substituents is 1. The van der Waals surface area contributed by atoms with Gasteiger partial charge in [0.25, 0.3) is 5.91 Å². The monoisotopic (exact) mass is 253 g/mol. The minimum absolute atomic E-state index is 0.0256. The van der Waals surface area contributed by atoms with E-state index in [-0.39, 0.29) is 16.7 Å². The number of carbonyl (C=O) groups is 1. The van der Waals surface area contributed by atoms with Crippen molar-refractivity contribution in [3.05, 3.63) is 29.6 Å². The minimum atomic E-state index is -0.718. The number of ether oxygens (including phenoxy) is 1. The van der Waals surface area contributed by atoms with Crippen LogP contribution < -0.4 is 5.32 Å². The summed E-state index contributed by atoms with van der Waals surface area (Å²) in [4.78, 5) is 11.8. The molecule has 1 aromatic carbocycles. The Labute approximate surface area is 105 Å². The predicted octanol–water partition coefficient (Wildman–Crippen LogP) is 1.69. The van der Waals surface area contributed by atoms with Crippen molar-refractivity contribution in [1.82, 2.24) is 5.32 Å². The van der Waals surface area contributed by atoms with Crippen molar-refractivity contribution in [2.24, 2.45) is 5.41 Å². The number of nitrogens with one attached hydrogen (secondary N) is 1. The molecule has 4 nitrogen and oxygen atoms in total. The number of amides is 1. The Morgan fingerprint density at radius 3 is 2.83 bits per heavy atom. The van der Waals surface area contributed by atoms with Crippen molar-refractivity contribution in [1.29, 1.82) is 0 Å². The first-order chi connectivity index (χ1) is 8.56. The topological polar surface area (TPSA) is 58.6 Å². The quantitative estimate of drug-likeness (QED) is 0.839. The Balaban J connectivity index is 1.96. The Bertz CT molecular complexity index is 458. The van der Waals surface area contributed by atoms with E-state index in [0.29, 0.717) is 13.2 Å². The Morgan fingerprint density at radius 2 is 2.28 bits per heavy atom. The van der Waals surface area contributed by atoms with Gasteiger partial charge in [0.15, 0.2) is 0 Å². The molecule has 0 saturated heterocycles. The first-order valence-electron chi connectivity index (χ1n) is 5.82. The van der Waals surface area contributed by atoms with Crippen LogP contribution in [0.1, 0.15) is 23.2 Å². The van der Waals surface area contributed by atoms with Gasteiger partial charge in [-0.15, -0.1) is 0 Å². The van der Waals surface area contributed by atoms with Crippen LogP contribution in [0.5, 0.6) is 5.75 Å². The largest absolute Gasteiger partial charge is 0.508 e. The lowest BCUT2D eigenvalue weighted by atomic mass is 10.1. The number of halogens is 1. The highest BCUT2D eigenvalue weighted by molar-refractivity contribution is 5.94. The summed E-state index contributed by atoms with van der Waals surface area (Å²) in [5, 5.41) is 11.8. The number of phenols is 1. The number of rotatable bonds is 5. The van der Waals surface area contributed by atoms with Gasteiger partial charge in [-0.1, -0.05) is 0 Å². The third-order valence-electron chi connectivity index (χ3n) is 3.23. The fourth-order valence-corrected chi connectivity index (χ4v) is 1.91. The molecular weight excluding hydrogens is 237 g/mol. The molecule has 0 spiro atoms. The maximum Gasteiger partial charge on any atom is 0.254 e. The smallest absolute Gasteiger partial charge is 0.254 e. The second-order valence-corrected chi connectivity index (χ2v) is 4.78. The number of benzene rings is 1. The van der Waals surface area contributed by atoms with E-state index >= 15 is 0 Å². The molecule has 0 radical (unpaired) electrons. The van der Waals surface area contributed by atoms with Gasteiger partial charge in [-0.2, -0.15) is 0 Å². The summed E-state index contributed by atoms with van der Waals surface area (Å²) in [7, 11) is 1.63. The van der Waals surface area contributed by atoms with Gasteiger partial charge in [0, 0.05) is 25.1 Å². The average molecular weight is 253 g/mol. The third kappa shape index (κ3) is 2.79. The average Bonchev–Trinajstić information content (AvgIpc) is 3.07. The lowest BCUT2D eigenvalue weighted by Crippen LogP contribution is -2.32. The second kappa shape index (κ2) is 4.94. The van der Waals surface area contributed by atoms with E-state index in [1.54, 1.807) is 7.11 Å². The van der Waals surface area contributed by atoms with Crippen molar-refractivity contribution in [3.63, 3.8) is 0 Å². The van der Waals surface area contributed by atoms with Crippen molar-refractivity contribution in [3.8, 4) is 5.75 Å². The van der Waals surface area contributed by atoms with Gasteiger partial charge in [-0.25, -0.2) is 4.39 Å². The Hall–Kier alpha value is -1.62. The van der Waals surface area contributed by atoms with Crippen LogP contribution in [-0.4, -0.2) is 31.3 Å². The van der Waals surface area contributed by atoms with E-state index in [2.05, 4.69) is 5.32 Å². The Morgan fingerprint density at radius 1 is 1.56 bits per heavy atom. The second-order valence-electron chi connectivity index (χ2n) is 4.78. The summed E-state index contributed by atoms with van der Waals surface area (Å²) in [6.45, 7) is 1.09. The van der Waals surface area contributed by atoms with Gasteiger partial charge >= 0.3 is 0 Å². The molecule has 2 N–H and O–H groups in total. The molecule has 18 heavy (non-hydrogen) atoms. The number of hydrogen-bond donors (Lipinski definition) is 2. The highest BCUT2D eigenvalue weighted by Gasteiger charge is 2.42. The van der Waals surface area contributed by atoms with Crippen molar-refractivity contribution in [2.75, 3.05) is 20.3 Å². The van der Waals surface area contributed by atoms with E-state index in [0.717, 1.165) is 18.9 Å². The molecule has 0 unspecified atom stereocenters. The fraction of sp³-hybridized carbons (Fsp3) is 0.462. The van der Waals surface area contributed by atoms with Crippen molar-refractivity contribution >= 4 is 5.91 Å². The Kier molecular flexibility index (Phi) is 3.52. The molecule has 0 aliphatic heterocycles. The summed E-state index contributed by atoms with van der Waals surface area (Å²) < 4.78 is 18.5. The molecule has 5 heteroatoms. The van der Waals surface area contributed by atoms with Crippen LogP contribution in [0.15, 0.2) is 18.2 Å². The highest BCUT2D eigenvalue weighted by Crippen LogP contribution is 2.45. The van der Waals surface area contributed by atoms with E-state index < -0.39 is 11.7 Å². The zero-order chi connectivity index (χ0) is 13.2. The van der Waals surface area contributed by atoms with E-state index in [1.165, 1.54) is 12.1 Å². The molecule has 0 heterocycles. The maximum absolute atomic E-state index is 13.4. The molecule has 1 aliphatic carbocycles. The molecule has 0 atom stereocenters.